The van der Waals surface area contributed by atoms with Crippen LogP contribution in [0, 0.1) is 0 Å². The van der Waals surface area contributed by atoms with E-state index in [0.717, 1.165) is 109 Å². The van der Waals surface area contributed by atoms with Gasteiger partial charge in [-0.15, -0.1) is 0 Å². The lowest BCUT2D eigenvalue weighted by Crippen LogP contribution is -2.40. The Kier molecular flexibility index (Phi) is 42.0. The Morgan fingerprint density at radius 2 is 0.948 bits per heavy atom. The summed E-state index contributed by atoms with van der Waals surface area (Å²) in [5.74, 6) is -1.30. The normalized spacial score (nSPS) is 13.4. The number of carbonyl (C=O) groups excluding carboxylic acids is 2. The predicted octanol–water partition coefficient (Wildman–Crippen LogP) is 13.7. The summed E-state index contributed by atoms with van der Waals surface area (Å²) in [6, 6.07) is -0.864. The van der Waals surface area contributed by atoms with E-state index in [4.69, 9.17) is 10.5 Å². The predicted molar refractivity (Wildman–Crippen MR) is 248 cm³/mol. The molecule has 0 aromatic heterocycles. The smallest absolute Gasteiger partial charge is 0.326 e. The van der Waals surface area contributed by atoms with Gasteiger partial charge in [0, 0.05) is 12.8 Å². The zero-order valence-corrected chi connectivity index (χ0v) is 37.1. The number of hydrogen-bond acceptors (Lipinski definition) is 5. The van der Waals surface area contributed by atoms with Gasteiger partial charge in [-0.3, -0.25) is 9.59 Å². The van der Waals surface area contributed by atoms with E-state index < -0.39 is 12.0 Å². The molecule has 0 aliphatic heterocycles. The van der Waals surface area contributed by atoms with Crippen molar-refractivity contribution in [1.82, 2.24) is 5.32 Å². The van der Waals surface area contributed by atoms with E-state index in [-0.39, 0.29) is 18.0 Å². The van der Waals surface area contributed by atoms with E-state index in [2.05, 4.69) is 104 Å². The summed E-state index contributed by atoms with van der Waals surface area (Å²) < 4.78 is 6.02. The molecule has 2 atom stereocenters. The number of hydrogen-bond donors (Lipinski definition) is 3. The highest BCUT2D eigenvalue weighted by atomic mass is 16.5. The highest BCUT2D eigenvalue weighted by Crippen LogP contribution is 2.18. The lowest BCUT2D eigenvalue weighted by atomic mass is 10.0. The Labute approximate surface area is 355 Å². The third-order valence-corrected chi connectivity index (χ3v) is 9.97. The molecule has 0 aliphatic rings. The zero-order valence-electron chi connectivity index (χ0n) is 37.1. The molecule has 7 heteroatoms. The first-order chi connectivity index (χ1) is 28.4. The summed E-state index contributed by atoms with van der Waals surface area (Å²) in [5, 5.41) is 11.9. The van der Waals surface area contributed by atoms with E-state index in [1.165, 1.54) is 51.4 Å². The van der Waals surface area contributed by atoms with Gasteiger partial charge in [0.2, 0.25) is 5.91 Å². The summed E-state index contributed by atoms with van der Waals surface area (Å²) in [6.07, 6.45) is 59.2. The van der Waals surface area contributed by atoms with Crippen molar-refractivity contribution < 1.29 is 24.2 Å². The van der Waals surface area contributed by atoms with Crippen LogP contribution in [0.4, 0.5) is 0 Å². The quantitative estimate of drug-likeness (QED) is 0.0322. The minimum absolute atomic E-state index is 0.0204. The molecule has 0 aromatic rings. The first-order valence-corrected chi connectivity index (χ1v) is 23.4. The van der Waals surface area contributed by atoms with Gasteiger partial charge in [-0.25, -0.2) is 4.79 Å². The van der Waals surface area contributed by atoms with Gasteiger partial charge >= 0.3 is 11.9 Å². The highest BCUT2D eigenvalue weighted by molar-refractivity contribution is 5.83. The van der Waals surface area contributed by atoms with Crippen LogP contribution in [0.15, 0.2) is 85.1 Å². The highest BCUT2D eigenvalue weighted by Gasteiger charge is 2.19. The molecule has 7 nitrogen and oxygen atoms in total. The number of carbonyl (C=O) groups is 3. The minimum atomic E-state index is -1.01. The van der Waals surface area contributed by atoms with Crippen molar-refractivity contribution in [2.75, 3.05) is 6.54 Å². The van der Waals surface area contributed by atoms with Crippen LogP contribution in [0.5, 0.6) is 0 Å². The van der Waals surface area contributed by atoms with Gasteiger partial charge in [0.1, 0.15) is 12.1 Å². The van der Waals surface area contributed by atoms with Crippen LogP contribution >= 0.6 is 0 Å². The summed E-state index contributed by atoms with van der Waals surface area (Å²) in [6.45, 7) is 4.82. The summed E-state index contributed by atoms with van der Waals surface area (Å²) in [7, 11) is 0. The SMILES string of the molecule is CC/C=C\C/C=C\C/C=C\C/C=C\C/C=C\C/C=C\C/C=C\CCCC(=O)OC(CCCCCCCCCCC)CCCCCCCC(=O)NC(CCCN)C(=O)O. The van der Waals surface area contributed by atoms with Crippen LogP contribution in [0.3, 0.4) is 0 Å². The number of ether oxygens (including phenoxy) is 1. The van der Waals surface area contributed by atoms with Crippen molar-refractivity contribution in [3.63, 3.8) is 0 Å². The average molecular weight is 807 g/mol. The number of esters is 1. The van der Waals surface area contributed by atoms with Crippen LogP contribution in [0.2, 0.25) is 0 Å². The third-order valence-electron chi connectivity index (χ3n) is 9.97. The molecule has 0 heterocycles. The van der Waals surface area contributed by atoms with Crippen LogP contribution < -0.4 is 11.1 Å². The molecular formula is C51H86N2O5. The van der Waals surface area contributed by atoms with Gasteiger partial charge in [-0.2, -0.15) is 0 Å². The topological polar surface area (TPSA) is 119 Å². The van der Waals surface area contributed by atoms with Gasteiger partial charge in [-0.05, 0) is 109 Å². The molecule has 330 valence electrons. The molecule has 1 amide bonds. The van der Waals surface area contributed by atoms with E-state index in [1.54, 1.807) is 0 Å². The molecule has 0 rings (SSSR count). The van der Waals surface area contributed by atoms with Crippen molar-refractivity contribution in [2.45, 2.75) is 212 Å². The monoisotopic (exact) mass is 807 g/mol. The molecule has 58 heavy (non-hydrogen) atoms. The maximum Gasteiger partial charge on any atom is 0.326 e. The standard InChI is InChI=1S/C51H86N2O5/c1-3-5-7-9-11-13-14-15-16-17-18-19-20-21-22-23-24-25-26-28-30-35-39-45-50(55)58-47(41-36-32-29-27-12-10-8-6-4-2)42-37-33-31-34-38-44-49(54)53-48(51(56)57)43-40-46-52/h5,7,11,13,15-16,18-19,21-22,24-25,28,30,47-48H,3-4,6,8-10,12,14,17,20,23,26-27,29,31-46,52H2,1-2H3,(H,53,54)(H,56,57)/b7-5-,13-11-,16-15-,19-18-,22-21-,25-24-,30-28-. The Morgan fingerprint density at radius 3 is 1.40 bits per heavy atom. The van der Waals surface area contributed by atoms with E-state index in [1.807, 2.05) is 0 Å². The number of carboxylic acids is 1. The van der Waals surface area contributed by atoms with Crippen LogP contribution in [0.1, 0.15) is 200 Å². The average Bonchev–Trinajstić information content (AvgIpc) is 3.21. The second-order valence-electron chi connectivity index (χ2n) is 15.4. The lowest BCUT2D eigenvalue weighted by Gasteiger charge is -2.18. The minimum Gasteiger partial charge on any atom is -0.480 e. The number of nitrogens with one attached hydrogen (secondary N) is 1. The van der Waals surface area contributed by atoms with E-state index in [0.29, 0.717) is 32.2 Å². The molecule has 2 unspecified atom stereocenters. The number of amides is 1. The van der Waals surface area contributed by atoms with Gasteiger partial charge in [-0.1, -0.05) is 170 Å². The number of rotatable bonds is 41. The molecular weight excluding hydrogens is 721 g/mol. The fourth-order valence-electron chi connectivity index (χ4n) is 6.50. The van der Waals surface area contributed by atoms with Crippen molar-refractivity contribution in [3.8, 4) is 0 Å². The molecule has 0 saturated heterocycles. The second kappa shape index (κ2) is 44.6. The Morgan fingerprint density at radius 1 is 0.517 bits per heavy atom. The van der Waals surface area contributed by atoms with Gasteiger partial charge in [0.05, 0.1) is 0 Å². The number of unbranched alkanes of at least 4 members (excludes halogenated alkanes) is 13. The van der Waals surface area contributed by atoms with Crippen molar-refractivity contribution >= 4 is 17.8 Å². The Bertz CT molecular complexity index is 1180. The van der Waals surface area contributed by atoms with Crippen molar-refractivity contribution in [2.24, 2.45) is 5.73 Å². The van der Waals surface area contributed by atoms with E-state index >= 15 is 0 Å². The van der Waals surface area contributed by atoms with Gasteiger partial charge in [0.15, 0.2) is 0 Å². The molecule has 0 aliphatic carbocycles. The molecule has 0 radical (unpaired) electrons. The third kappa shape index (κ3) is 40.7. The molecule has 0 fully saturated rings. The number of carboxylic acid groups (broad SMARTS) is 1. The second-order valence-corrected chi connectivity index (χ2v) is 15.4. The maximum atomic E-state index is 12.8. The van der Waals surface area contributed by atoms with Crippen LogP contribution in [0.25, 0.3) is 0 Å². The Hall–Kier alpha value is -3.45. The molecule has 0 bridgehead atoms. The first-order valence-electron chi connectivity index (χ1n) is 23.4. The fourth-order valence-corrected chi connectivity index (χ4v) is 6.50. The summed E-state index contributed by atoms with van der Waals surface area (Å²) >= 11 is 0. The zero-order chi connectivity index (χ0) is 42.4. The van der Waals surface area contributed by atoms with Gasteiger partial charge in [0.25, 0.3) is 0 Å². The largest absolute Gasteiger partial charge is 0.480 e. The first kappa shape index (κ1) is 54.6. The van der Waals surface area contributed by atoms with Crippen molar-refractivity contribution in [1.29, 1.82) is 0 Å². The fraction of sp³-hybridized carbons (Fsp3) is 0.667. The van der Waals surface area contributed by atoms with Gasteiger partial charge < -0.3 is 20.9 Å². The molecule has 0 saturated carbocycles. The lowest BCUT2D eigenvalue weighted by molar-refractivity contribution is -0.150. The maximum absolute atomic E-state index is 12.8. The van der Waals surface area contributed by atoms with E-state index in [9.17, 15) is 19.5 Å². The summed E-state index contributed by atoms with van der Waals surface area (Å²) in [5.41, 5.74) is 5.49. The van der Waals surface area contributed by atoms with Crippen LogP contribution in [-0.2, 0) is 19.1 Å². The van der Waals surface area contributed by atoms with Crippen molar-refractivity contribution in [3.05, 3.63) is 85.1 Å². The molecule has 0 spiro atoms. The molecule has 0 aromatic carbocycles. The summed E-state index contributed by atoms with van der Waals surface area (Å²) in [4.78, 5) is 36.4. The Balaban J connectivity index is 4.32. The van der Waals surface area contributed by atoms with Crippen LogP contribution in [-0.4, -0.2) is 41.6 Å². The number of allylic oxidation sites excluding steroid dienone is 14. The molecule has 4 N–H and O–H groups in total. The number of aliphatic carboxylic acids is 1. The number of nitrogens with two attached hydrogens (primary N) is 1.